The lowest BCUT2D eigenvalue weighted by molar-refractivity contribution is -0.132. The molecule has 0 radical (unpaired) electrons. The van der Waals surface area contributed by atoms with Gasteiger partial charge in [0.15, 0.2) is 0 Å². The molecule has 150 valence electrons. The van der Waals surface area contributed by atoms with Crippen molar-refractivity contribution in [3.8, 4) is 0 Å². The Morgan fingerprint density at radius 3 is 2.45 bits per heavy atom. The van der Waals surface area contributed by atoms with Crippen LogP contribution in [0.25, 0.3) is 6.08 Å². The first-order valence-corrected chi connectivity index (χ1v) is 10.0. The molecular formula is C22H20BrFN2O3. The molecule has 0 aliphatic carbocycles. The van der Waals surface area contributed by atoms with Gasteiger partial charge in [0.05, 0.1) is 17.3 Å². The van der Waals surface area contributed by atoms with Crippen LogP contribution in [0, 0.1) is 11.7 Å². The monoisotopic (exact) mass is 458 g/mol. The summed E-state index contributed by atoms with van der Waals surface area (Å²) in [7, 11) is 0. The van der Waals surface area contributed by atoms with E-state index in [0.29, 0.717) is 17.8 Å². The van der Waals surface area contributed by atoms with Crippen LogP contribution in [0.15, 0.2) is 63.7 Å². The Bertz CT molecular complexity index is 969. The molecule has 29 heavy (non-hydrogen) atoms. The van der Waals surface area contributed by atoms with Gasteiger partial charge in [-0.25, -0.2) is 14.2 Å². The number of hydrogen-bond acceptors (Lipinski definition) is 3. The van der Waals surface area contributed by atoms with Crippen LogP contribution in [-0.4, -0.2) is 22.7 Å². The number of hydrazone groups is 1. The number of carbonyl (C=O) groups is 2. The Morgan fingerprint density at radius 1 is 1.21 bits per heavy atom. The summed E-state index contributed by atoms with van der Waals surface area (Å²) in [5.41, 5.74) is 1.97. The Balaban J connectivity index is 1.89. The fraction of sp³-hybridized carbons (Fsp3) is 0.227. The lowest BCUT2D eigenvalue weighted by Gasteiger charge is -2.15. The van der Waals surface area contributed by atoms with Crippen LogP contribution < -0.4 is 5.01 Å². The summed E-state index contributed by atoms with van der Waals surface area (Å²) in [6.07, 6.45) is 2.98. The van der Waals surface area contributed by atoms with E-state index in [1.165, 1.54) is 29.3 Å². The molecule has 1 aliphatic heterocycles. The van der Waals surface area contributed by atoms with Gasteiger partial charge in [0, 0.05) is 10.0 Å². The van der Waals surface area contributed by atoms with Crippen LogP contribution >= 0.6 is 15.9 Å². The number of anilines is 1. The van der Waals surface area contributed by atoms with Gasteiger partial charge in [0.25, 0.3) is 5.91 Å². The standard InChI is InChI=1S/C22H20BrFN2O3/c1-2-3-20-19(21(27)26(25-20)18-10-8-17(24)9-11-18)13-15(22(28)29)12-14-4-6-16(23)7-5-14/h4-12,19H,2-3,13H2,1H3,(H,28,29). The van der Waals surface area contributed by atoms with Gasteiger partial charge < -0.3 is 5.11 Å². The molecule has 0 aromatic heterocycles. The van der Waals surface area contributed by atoms with Gasteiger partial charge in [0.1, 0.15) is 5.82 Å². The molecule has 5 nitrogen and oxygen atoms in total. The quantitative estimate of drug-likeness (QED) is 0.574. The van der Waals surface area contributed by atoms with E-state index in [4.69, 9.17) is 0 Å². The highest BCUT2D eigenvalue weighted by Gasteiger charge is 2.37. The number of nitrogens with zero attached hydrogens (tertiary/aromatic N) is 2. The van der Waals surface area contributed by atoms with Gasteiger partial charge in [-0.3, -0.25) is 4.79 Å². The molecular weight excluding hydrogens is 439 g/mol. The molecule has 7 heteroatoms. The van der Waals surface area contributed by atoms with Gasteiger partial charge in [-0.05, 0) is 60.9 Å². The number of aliphatic carboxylic acids is 1. The van der Waals surface area contributed by atoms with Crippen LogP contribution in [-0.2, 0) is 9.59 Å². The number of carbonyl (C=O) groups excluding carboxylic acids is 1. The molecule has 1 aliphatic rings. The van der Waals surface area contributed by atoms with Crippen LogP contribution in [0.3, 0.4) is 0 Å². The Hall–Kier alpha value is -2.80. The van der Waals surface area contributed by atoms with Crippen LogP contribution in [0.5, 0.6) is 0 Å². The van der Waals surface area contributed by atoms with Crippen LogP contribution in [0.4, 0.5) is 10.1 Å². The molecule has 0 spiro atoms. The van der Waals surface area contributed by atoms with Gasteiger partial charge >= 0.3 is 5.97 Å². The summed E-state index contributed by atoms with van der Waals surface area (Å²) >= 11 is 3.35. The Morgan fingerprint density at radius 2 is 1.86 bits per heavy atom. The van der Waals surface area contributed by atoms with Crippen LogP contribution in [0.1, 0.15) is 31.7 Å². The van der Waals surface area contributed by atoms with Crippen molar-refractivity contribution in [3.05, 3.63) is 70.0 Å². The number of carboxylic acid groups (broad SMARTS) is 1. The van der Waals surface area contributed by atoms with Crippen molar-refractivity contribution in [3.63, 3.8) is 0 Å². The zero-order valence-electron chi connectivity index (χ0n) is 15.8. The smallest absolute Gasteiger partial charge is 0.331 e. The highest BCUT2D eigenvalue weighted by molar-refractivity contribution is 9.10. The first-order chi connectivity index (χ1) is 13.9. The topological polar surface area (TPSA) is 70.0 Å². The highest BCUT2D eigenvalue weighted by Crippen LogP contribution is 2.30. The third-order valence-corrected chi connectivity index (χ3v) is 5.15. The van der Waals surface area contributed by atoms with E-state index in [2.05, 4.69) is 21.0 Å². The molecule has 3 rings (SSSR count). The van der Waals surface area contributed by atoms with Crippen molar-refractivity contribution in [2.75, 3.05) is 5.01 Å². The summed E-state index contributed by atoms with van der Waals surface area (Å²) in [5, 5.41) is 15.3. The first-order valence-electron chi connectivity index (χ1n) is 9.25. The van der Waals surface area contributed by atoms with E-state index >= 15 is 0 Å². The normalized spacial score (nSPS) is 16.9. The summed E-state index contributed by atoms with van der Waals surface area (Å²) < 4.78 is 14.1. The van der Waals surface area contributed by atoms with E-state index in [0.717, 1.165) is 16.5 Å². The maximum Gasteiger partial charge on any atom is 0.331 e. The minimum Gasteiger partial charge on any atom is -0.478 e. The number of halogens is 2. The van der Waals surface area contributed by atoms with E-state index < -0.39 is 17.7 Å². The lowest BCUT2D eigenvalue weighted by Crippen LogP contribution is -2.28. The summed E-state index contributed by atoms with van der Waals surface area (Å²) in [6.45, 7) is 1.97. The fourth-order valence-corrected chi connectivity index (χ4v) is 3.44. The molecule has 1 N–H and O–H groups in total. The average Bonchev–Trinajstić information content (AvgIpc) is 2.99. The molecule has 2 aromatic rings. The lowest BCUT2D eigenvalue weighted by atomic mass is 9.91. The largest absolute Gasteiger partial charge is 0.478 e. The fourth-order valence-electron chi connectivity index (χ4n) is 3.18. The zero-order valence-corrected chi connectivity index (χ0v) is 17.4. The first kappa shape index (κ1) is 20.9. The SMILES string of the molecule is CCCC1=NN(c2ccc(F)cc2)C(=O)C1CC(=Cc1ccc(Br)cc1)C(=O)O. The zero-order chi connectivity index (χ0) is 21.0. The van der Waals surface area contributed by atoms with Crippen molar-refractivity contribution >= 4 is 45.3 Å². The average molecular weight is 459 g/mol. The Kier molecular flexibility index (Phi) is 6.59. The van der Waals surface area contributed by atoms with Gasteiger partial charge in [-0.2, -0.15) is 5.10 Å². The second-order valence-corrected chi connectivity index (χ2v) is 7.67. The van der Waals surface area contributed by atoms with Crippen molar-refractivity contribution in [2.45, 2.75) is 26.2 Å². The van der Waals surface area contributed by atoms with E-state index in [9.17, 15) is 19.1 Å². The molecule has 0 fully saturated rings. The van der Waals surface area contributed by atoms with E-state index in [1.807, 2.05) is 19.1 Å². The van der Waals surface area contributed by atoms with Crippen molar-refractivity contribution in [1.29, 1.82) is 0 Å². The minimum absolute atomic E-state index is 0.0424. The molecule has 0 saturated carbocycles. The van der Waals surface area contributed by atoms with Crippen molar-refractivity contribution in [1.82, 2.24) is 0 Å². The maximum absolute atomic E-state index is 13.2. The second-order valence-electron chi connectivity index (χ2n) is 6.75. The summed E-state index contributed by atoms with van der Waals surface area (Å²) in [5.74, 6) is -2.43. The molecule has 2 aromatic carbocycles. The summed E-state index contributed by atoms with van der Waals surface area (Å²) in [6, 6.07) is 12.8. The predicted octanol–water partition coefficient (Wildman–Crippen LogP) is 5.27. The van der Waals surface area contributed by atoms with Gasteiger partial charge in [-0.1, -0.05) is 41.4 Å². The summed E-state index contributed by atoms with van der Waals surface area (Å²) in [4.78, 5) is 24.9. The molecule has 1 atom stereocenters. The molecule has 1 unspecified atom stereocenters. The predicted molar refractivity (Wildman–Crippen MR) is 114 cm³/mol. The number of amides is 1. The molecule has 1 heterocycles. The highest BCUT2D eigenvalue weighted by atomic mass is 79.9. The Labute approximate surface area is 176 Å². The third kappa shape index (κ3) is 4.98. The van der Waals surface area contributed by atoms with E-state index in [1.54, 1.807) is 18.2 Å². The number of hydrogen-bond donors (Lipinski definition) is 1. The molecule has 1 amide bonds. The van der Waals surface area contributed by atoms with Crippen LogP contribution in [0.2, 0.25) is 0 Å². The molecule has 0 bridgehead atoms. The number of benzene rings is 2. The van der Waals surface area contributed by atoms with Crippen molar-refractivity contribution in [2.24, 2.45) is 11.0 Å². The second kappa shape index (κ2) is 9.13. The number of carboxylic acids is 1. The maximum atomic E-state index is 13.2. The third-order valence-electron chi connectivity index (χ3n) is 4.62. The van der Waals surface area contributed by atoms with Gasteiger partial charge in [0.2, 0.25) is 0 Å². The number of rotatable bonds is 7. The molecule has 0 saturated heterocycles. The van der Waals surface area contributed by atoms with E-state index in [-0.39, 0.29) is 17.9 Å². The van der Waals surface area contributed by atoms with Gasteiger partial charge in [-0.15, -0.1) is 0 Å². The van der Waals surface area contributed by atoms with Crippen molar-refractivity contribution < 1.29 is 19.1 Å². The minimum atomic E-state index is -1.07.